The summed E-state index contributed by atoms with van der Waals surface area (Å²) in [4.78, 5) is 25.3. The van der Waals surface area contributed by atoms with Crippen LogP contribution in [0.2, 0.25) is 0 Å². The summed E-state index contributed by atoms with van der Waals surface area (Å²) in [5, 5.41) is 16.1. The van der Waals surface area contributed by atoms with Crippen LogP contribution in [0.3, 0.4) is 0 Å². The van der Waals surface area contributed by atoms with Crippen molar-refractivity contribution in [1.29, 1.82) is 5.26 Å². The van der Waals surface area contributed by atoms with E-state index in [1.807, 2.05) is 6.07 Å². The number of nitrogens with two attached hydrogens (primary N) is 1. The smallest absolute Gasteiger partial charge is 0.255 e. The second-order valence-electron chi connectivity index (χ2n) is 7.91. The summed E-state index contributed by atoms with van der Waals surface area (Å²) in [5.74, 6) is 0.499. The van der Waals surface area contributed by atoms with Crippen molar-refractivity contribution in [2.24, 2.45) is 0 Å². The average Bonchev–Trinajstić information content (AvgIpc) is 3.40. The van der Waals surface area contributed by atoms with E-state index in [0.717, 1.165) is 6.42 Å². The summed E-state index contributed by atoms with van der Waals surface area (Å²) in [7, 11) is 0. The molecule has 1 saturated heterocycles. The van der Waals surface area contributed by atoms with E-state index in [4.69, 9.17) is 15.2 Å². The fraction of sp³-hybridized carbons (Fsp3) is 0.160. The van der Waals surface area contributed by atoms with Gasteiger partial charge in [-0.25, -0.2) is 9.97 Å². The molecule has 1 atom stereocenters. The number of benzene rings is 2. The molecular weight excluding hydrogens is 446 g/mol. The first kappa shape index (κ1) is 22.1. The number of anilines is 4. The quantitative estimate of drug-likeness (QED) is 0.361. The lowest BCUT2D eigenvalue weighted by Crippen LogP contribution is -2.16. The molecule has 2 aromatic heterocycles. The van der Waals surface area contributed by atoms with Gasteiger partial charge in [0.05, 0.1) is 53.7 Å². The summed E-state index contributed by atoms with van der Waals surface area (Å²) < 4.78 is 11.3. The fourth-order valence-corrected chi connectivity index (χ4v) is 3.71. The fourth-order valence-electron chi connectivity index (χ4n) is 3.71. The van der Waals surface area contributed by atoms with Crippen LogP contribution in [0, 0.1) is 11.3 Å². The molecule has 0 aliphatic carbocycles. The van der Waals surface area contributed by atoms with Crippen molar-refractivity contribution in [3.8, 4) is 11.8 Å². The van der Waals surface area contributed by atoms with E-state index in [-0.39, 0.29) is 18.0 Å². The van der Waals surface area contributed by atoms with E-state index in [9.17, 15) is 10.1 Å². The van der Waals surface area contributed by atoms with Gasteiger partial charge >= 0.3 is 0 Å². The van der Waals surface area contributed by atoms with Crippen LogP contribution >= 0.6 is 0 Å². The number of rotatable bonds is 6. The third-order valence-electron chi connectivity index (χ3n) is 5.48. The molecule has 0 bridgehead atoms. The molecule has 174 valence electrons. The zero-order valence-electron chi connectivity index (χ0n) is 18.6. The van der Waals surface area contributed by atoms with Crippen LogP contribution in [0.15, 0.2) is 61.1 Å². The Labute approximate surface area is 200 Å². The predicted octanol–water partition coefficient (Wildman–Crippen LogP) is 3.64. The summed E-state index contributed by atoms with van der Waals surface area (Å²) >= 11 is 0. The molecule has 0 saturated carbocycles. The Morgan fingerprint density at radius 1 is 1.14 bits per heavy atom. The lowest BCUT2D eigenvalue weighted by molar-refractivity contribution is 0.102. The summed E-state index contributed by atoms with van der Waals surface area (Å²) in [6, 6.07) is 14.4. The van der Waals surface area contributed by atoms with Crippen molar-refractivity contribution >= 4 is 39.8 Å². The zero-order chi connectivity index (χ0) is 24.2. The number of carbonyl (C=O) groups excluding carboxylic acids is 1. The van der Waals surface area contributed by atoms with Gasteiger partial charge < -0.3 is 25.8 Å². The number of nitriles is 1. The molecule has 4 aromatic rings. The summed E-state index contributed by atoms with van der Waals surface area (Å²) in [5.41, 5.74) is 9.02. The Hall–Kier alpha value is -4.75. The van der Waals surface area contributed by atoms with Crippen LogP contribution in [0.4, 0.5) is 23.0 Å². The summed E-state index contributed by atoms with van der Waals surface area (Å²) in [6.45, 7) is 1.18. The normalized spacial score (nSPS) is 14.9. The first-order chi connectivity index (χ1) is 17.1. The molecule has 5 rings (SSSR count). The minimum absolute atomic E-state index is 0.0555. The second kappa shape index (κ2) is 9.62. The number of nitrogens with zero attached hydrogens (tertiary/aromatic N) is 4. The lowest BCUT2D eigenvalue weighted by Gasteiger charge is -2.16. The van der Waals surface area contributed by atoms with Gasteiger partial charge in [0.1, 0.15) is 17.9 Å². The van der Waals surface area contributed by atoms with Crippen molar-refractivity contribution in [2.75, 3.05) is 29.6 Å². The first-order valence-corrected chi connectivity index (χ1v) is 10.9. The molecule has 4 N–H and O–H groups in total. The van der Waals surface area contributed by atoms with Gasteiger partial charge in [0.25, 0.3) is 5.91 Å². The number of carbonyl (C=O) groups is 1. The maximum Gasteiger partial charge on any atom is 0.255 e. The highest BCUT2D eigenvalue weighted by atomic mass is 16.5. The van der Waals surface area contributed by atoms with Crippen molar-refractivity contribution in [3.05, 3.63) is 72.2 Å². The SMILES string of the molecule is N#Cc1cnc2cc(OC3CCOC3)c(N)cc2c1Nc1ncc(NC(=O)c2ccccc2)cn1. The molecule has 1 aliphatic heterocycles. The van der Waals surface area contributed by atoms with Gasteiger partial charge in [-0.2, -0.15) is 5.26 Å². The van der Waals surface area contributed by atoms with Crippen LogP contribution in [0.25, 0.3) is 10.9 Å². The van der Waals surface area contributed by atoms with Crippen molar-refractivity contribution in [2.45, 2.75) is 12.5 Å². The van der Waals surface area contributed by atoms with E-state index in [1.165, 1.54) is 18.6 Å². The van der Waals surface area contributed by atoms with E-state index in [1.54, 1.807) is 36.4 Å². The Morgan fingerprint density at radius 2 is 1.94 bits per heavy atom. The molecule has 35 heavy (non-hydrogen) atoms. The number of pyridine rings is 1. The molecule has 10 nitrogen and oxygen atoms in total. The molecule has 0 radical (unpaired) electrons. The zero-order valence-corrected chi connectivity index (χ0v) is 18.6. The van der Waals surface area contributed by atoms with Gasteiger partial charge in [0, 0.05) is 29.6 Å². The van der Waals surface area contributed by atoms with Crippen molar-refractivity contribution in [3.63, 3.8) is 0 Å². The van der Waals surface area contributed by atoms with Gasteiger partial charge in [-0.3, -0.25) is 9.78 Å². The second-order valence-corrected chi connectivity index (χ2v) is 7.91. The maximum atomic E-state index is 12.3. The van der Waals surface area contributed by atoms with Gasteiger partial charge in [-0.1, -0.05) is 18.2 Å². The third-order valence-corrected chi connectivity index (χ3v) is 5.48. The largest absolute Gasteiger partial charge is 0.486 e. The number of hydrogen-bond acceptors (Lipinski definition) is 9. The Balaban J connectivity index is 1.39. The van der Waals surface area contributed by atoms with Gasteiger partial charge in [0.2, 0.25) is 5.95 Å². The van der Waals surface area contributed by atoms with E-state index in [2.05, 4.69) is 31.7 Å². The van der Waals surface area contributed by atoms with Crippen LogP contribution in [0.5, 0.6) is 5.75 Å². The number of aromatic nitrogens is 3. The molecule has 1 unspecified atom stereocenters. The van der Waals surface area contributed by atoms with Gasteiger partial charge in [-0.15, -0.1) is 0 Å². The van der Waals surface area contributed by atoms with E-state index >= 15 is 0 Å². The first-order valence-electron chi connectivity index (χ1n) is 10.9. The molecule has 1 fully saturated rings. The topological polar surface area (TPSA) is 148 Å². The van der Waals surface area contributed by atoms with E-state index < -0.39 is 0 Å². The minimum Gasteiger partial charge on any atom is -0.486 e. The van der Waals surface area contributed by atoms with Crippen LogP contribution in [0.1, 0.15) is 22.3 Å². The number of nitrogens with one attached hydrogen (secondary N) is 2. The highest BCUT2D eigenvalue weighted by molar-refractivity contribution is 6.04. The highest BCUT2D eigenvalue weighted by Gasteiger charge is 2.20. The Kier molecular flexibility index (Phi) is 6.07. The Morgan fingerprint density at radius 3 is 2.66 bits per heavy atom. The number of hydrogen-bond donors (Lipinski definition) is 3. The lowest BCUT2D eigenvalue weighted by atomic mass is 10.1. The summed E-state index contributed by atoms with van der Waals surface area (Å²) in [6.07, 6.45) is 5.17. The van der Waals surface area contributed by atoms with Crippen LogP contribution < -0.4 is 21.1 Å². The molecule has 3 heterocycles. The highest BCUT2D eigenvalue weighted by Crippen LogP contribution is 2.35. The van der Waals surface area contributed by atoms with Crippen molar-refractivity contribution in [1.82, 2.24) is 15.0 Å². The number of fused-ring (bicyclic) bond motifs is 1. The molecular formula is C25H21N7O3. The molecule has 1 amide bonds. The third kappa shape index (κ3) is 4.80. The average molecular weight is 467 g/mol. The van der Waals surface area contributed by atoms with Crippen LogP contribution in [-0.4, -0.2) is 40.2 Å². The number of amides is 1. The minimum atomic E-state index is -0.264. The van der Waals surface area contributed by atoms with Gasteiger partial charge in [-0.05, 0) is 18.2 Å². The molecule has 10 heteroatoms. The number of ether oxygens (including phenoxy) is 2. The molecule has 0 spiro atoms. The van der Waals surface area contributed by atoms with Crippen molar-refractivity contribution < 1.29 is 14.3 Å². The predicted molar refractivity (Wildman–Crippen MR) is 130 cm³/mol. The molecule has 1 aliphatic rings. The number of nitrogen functional groups attached to an aromatic ring is 1. The maximum absolute atomic E-state index is 12.3. The monoisotopic (exact) mass is 467 g/mol. The Bertz CT molecular complexity index is 1410. The van der Waals surface area contributed by atoms with Crippen LogP contribution in [-0.2, 0) is 4.74 Å². The standard InChI is InChI=1S/C25H21N7O3/c26-10-16-11-28-21-9-22(35-18-6-7-34-14-18)20(27)8-19(21)23(16)32-25-29-12-17(13-30-25)31-24(33)15-4-2-1-3-5-15/h1-5,8-9,11-13,18H,6-7,14,27H2,(H,31,33)(H,28,29,30,32). The van der Waals surface area contributed by atoms with E-state index in [0.29, 0.717) is 58.1 Å². The molecule has 2 aromatic carbocycles. The van der Waals surface area contributed by atoms with Gasteiger partial charge in [0.15, 0.2) is 0 Å².